The van der Waals surface area contributed by atoms with Crippen molar-refractivity contribution in [3.8, 4) is 11.5 Å². The topological polar surface area (TPSA) is 72.9 Å². The largest absolute Gasteiger partial charge is 0.493 e. The molecular formula is C24H16FNO5S. The number of imide groups is 1. The fourth-order valence-electron chi connectivity index (χ4n) is 3.06. The SMILES string of the molecule is COc1cc(/C=C2/SC(=O)N(c3ccccc3)C2=O)ccc1OC(=O)c1ccccc1F. The van der Waals surface area contributed by atoms with E-state index in [0.29, 0.717) is 11.3 Å². The van der Waals surface area contributed by atoms with Crippen LogP contribution in [0.25, 0.3) is 6.08 Å². The molecule has 4 rings (SSSR count). The van der Waals surface area contributed by atoms with Gasteiger partial charge in [0.2, 0.25) is 0 Å². The molecule has 0 radical (unpaired) electrons. The Balaban J connectivity index is 1.57. The molecule has 0 aliphatic carbocycles. The Bertz CT molecular complexity index is 1240. The van der Waals surface area contributed by atoms with Gasteiger partial charge in [-0.2, -0.15) is 0 Å². The molecule has 0 atom stereocenters. The van der Waals surface area contributed by atoms with Crippen molar-refractivity contribution in [2.24, 2.45) is 0 Å². The summed E-state index contributed by atoms with van der Waals surface area (Å²) in [4.78, 5) is 38.8. The number of halogens is 1. The van der Waals surface area contributed by atoms with Gasteiger partial charge in [-0.15, -0.1) is 0 Å². The fraction of sp³-hybridized carbons (Fsp3) is 0.0417. The molecule has 0 unspecified atom stereocenters. The van der Waals surface area contributed by atoms with Crippen molar-refractivity contribution in [1.29, 1.82) is 0 Å². The van der Waals surface area contributed by atoms with Gasteiger partial charge in [0, 0.05) is 0 Å². The molecule has 0 spiro atoms. The van der Waals surface area contributed by atoms with Crippen LogP contribution in [0.4, 0.5) is 14.9 Å². The maximum absolute atomic E-state index is 13.8. The predicted molar refractivity (Wildman–Crippen MR) is 119 cm³/mol. The lowest BCUT2D eigenvalue weighted by Gasteiger charge is -2.12. The van der Waals surface area contributed by atoms with Crippen LogP contribution in [0.1, 0.15) is 15.9 Å². The average Bonchev–Trinajstić information content (AvgIpc) is 3.08. The standard InChI is InChI=1S/C24H16FNO5S/c1-30-20-13-15(11-12-19(20)31-23(28)17-9-5-6-10-18(17)25)14-21-22(27)26(24(29)32-21)16-7-3-2-4-8-16/h2-14H,1H3/b21-14+. The van der Waals surface area contributed by atoms with Gasteiger partial charge in [-0.3, -0.25) is 9.59 Å². The van der Waals surface area contributed by atoms with Crippen molar-refractivity contribution in [2.75, 3.05) is 12.0 Å². The Hall–Kier alpha value is -3.91. The van der Waals surface area contributed by atoms with E-state index >= 15 is 0 Å². The molecule has 3 aromatic rings. The number of hydrogen-bond donors (Lipinski definition) is 0. The Labute approximate surface area is 187 Å². The zero-order valence-electron chi connectivity index (χ0n) is 16.8. The minimum atomic E-state index is -0.863. The summed E-state index contributed by atoms with van der Waals surface area (Å²) in [5, 5.41) is -0.394. The summed E-state index contributed by atoms with van der Waals surface area (Å²) in [6.07, 6.45) is 1.55. The van der Waals surface area contributed by atoms with Crippen LogP contribution in [-0.4, -0.2) is 24.2 Å². The molecule has 2 amide bonds. The molecule has 1 aliphatic rings. The van der Waals surface area contributed by atoms with Crippen LogP contribution in [-0.2, 0) is 4.79 Å². The smallest absolute Gasteiger partial charge is 0.346 e. The van der Waals surface area contributed by atoms with Gasteiger partial charge in [0.05, 0.1) is 23.3 Å². The van der Waals surface area contributed by atoms with Crippen molar-refractivity contribution in [2.45, 2.75) is 0 Å². The number of anilines is 1. The third-order valence-corrected chi connectivity index (χ3v) is 5.46. The number of carbonyl (C=O) groups excluding carboxylic acids is 3. The lowest BCUT2D eigenvalue weighted by atomic mass is 10.1. The normalized spacial score (nSPS) is 14.7. The second-order valence-electron chi connectivity index (χ2n) is 6.63. The summed E-state index contributed by atoms with van der Waals surface area (Å²) in [5.41, 5.74) is 0.853. The van der Waals surface area contributed by atoms with Gasteiger partial charge in [-0.05, 0) is 59.8 Å². The van der Waals surface area contributed by atoms with E-state index in [-0.39, 0.29) is 22.0 Å². The van der Waals surface area contributed by atoms with Gasteiger partial charge < -0.3 is 9.47 Å². The molecule has 3 aromatic carbocycles. The molecule has 1 saturated heterocycles. The summed E-state index contributed by atoms with van der Waals surface area (Å²) < 4.78 is 24.4. The number of amides is 2. The molecule has 160 valence electrons. The highest BCUT2D eigenvalue weighted by Gasteiger charge is 2.36. The molecule has 0 bridgehead atoms. The molecule has 6 nitrogen and oxygen atoms in total. The van der Waals surface area contributed by atoms with E-state index in [9.17, 15) is 18.8 Å². The highest BCUT2D eigenvalue weighted by Crippen LogP contribution is 2.37. The lowest BCUT2D eigenvalue weighted by molar-refractivity contribution is -0.113. The van der Waals surface area contributed by atoms with E-state index in [1.807, 2.05) is 0 Å². The minimum absolute atomic E-state index is 0.0929. The predicted octanol–water partition coefficient (Wildman–Crippen LogP) is 5.29. The first-order valence-electron chi connectivity index (χ1n) is 9.45. The molecule has 1 fully saturated rings. The van der Waals surface area contributed by atoms with E-state index in [1.165, 1.54) is 37.4 Å². The van der Waals surface area contributed by atoms with Crippen molar-refractivity contribution in [3.05, 3.63) is 94.6 Å². The van der Waals surface area contributed by atoms with E-state index in [0.717, 1.165) is 16.7 Å². The number of esters is 1. The van der Waals surface area contributed by atoms with Crippen molar-refractivity contribution in [1.82, 2.24) is 0 Å². The first-order valence-corrected chi connectivity index (χ1v) is 10.3. The number of para-hydroxylation sites is 1. The third-order valence-electron chi connectivity index (χ3n) is 4.59. The zero-order chi connectivity index (χ0) is 22.7. The monoisotopic (exact) mass is 449 g/mol. The van der Waals surface area contributed by atoms with Gasteiger partial charge in [0.25, 0.3) is 11.1 Å². The minimum Gasteiger partial charge on any atom is -0.493 e. The maximum atomic E-state index is 13.8. The lowest BCUT2D eigenvalue weighted by Crippen LogP contribution is -2.27. The molecule has 32 heavy (non-hydrogen) atoms. The molecule has 8 heteroatoms. The quantitative estimate of drug-likeness (QED) is 0.299. The van der Waals surface area contributed by atoms with E-state index < -0.39 is 22.9 Å². The maximum Gasteiger partial charge on any atom is 0.346 e. The Morgan fingerprint density at radius 3 is 2.41 bits per heavy atom. The first kappa shape index (κ1) is 21.3. The number of hydrogen-bond acceptors (Lipinski definition) is 6. The Morgan fingerprint density at radius 2 is 1.69 bits per heavy atom. The molecule has 1 heterocycles. The molecule has 0 N–H and O–H groups in total. The molecule has 0 aromatic heterocycles. The molecular weight excluding hydrogens is 433 g/mol. The summed E-state index contributed by atoms with van der Waals surface area (Å²) in [6.45, 7) is 0. The van der Waals surface area contributed by atoms with Crippen LogP contribution >= 0.6 is 11.8 Å². The van der Waals surface area contributed by atoms with Crippen LogP contribution in [0.2, 0.25) is 0 Å². The van der Waals surface area contributed by atoms with E-state index in [2.05, 4.69) is 0 Å². The molecule has 0 saturated carbocycles. The number of ether oxygens (including phenoxy) is 2. The van der Waals surface area contributed by atoms with Crippen LogP contribution in [0.15, 0.2) is 77.7 Å². The van der Waals surface area contributed by atoms with Crippen LogP contribution in [0, 0.1) is 5.82 Å². The highest BCUT2D eigenvalue weighted by atomic mass is 32.2. The highest BCUT2D eigenvalue weighted by molar-refractivity contribution is 8.19. The van der Waals surface area contributed by atoms with Crippen molar-refractivity contribution in [3.63, 3.8) is 0 Å². The van der Waals surface area contributed by atoms with E-state index in [4.69, 9.17) is 9.47 Å². The number of nitrogens with zero attached hydrogens (tertiary/aromatic N) is 1. The first-order chi connectivity index (χ1) is 15.5. The number of benzene rings is 3. The van der Waals surface area contributed by atoms with E-state index in [1.54, 1.807) is 48.5 Å². The second kappa shape index (κ2) is 9.07. The van der Waals surface area contributed by atoms with Crippen molar-refractivity contribution < 1.29 is 28.2 Å². The molecule has 1 aliphatic heterocycles. The van der Waals surface area contributed by atoms with Gasteiger partial charge >= 0.3 is 5.97 Å². The fourth-order valence-corrected chi connectivity index (χ4v) is 3.90. The third kappa shape index (κ3) is 4.26. The average molecular weight is 449 g/mol. The van der Waals surface area contributed by atoms with Gasteiger partial charge in [-0.25, -0.2) is 14.1 Å². The number of rotatable bonds is 5. The van der Waals surface area contributed by atoms with Crippen LogP contribution in [0.5, 0.6) is 11.5 Å². The van der Waals surface area contributed by atoms with Crippen LogP contribution < -0.4 is 14.4 Å². The second-order valence-corrected chi connectivity index (χ2v) is 7.63. The van der Waals surface area contributed by atoms with Crippen molar-refractivity contribution >= 4 is 40.6 Å². The summed E-state index contributed by atoms with van der Waals surface area (Å²) in [6, 6.07) is 18.8. The summed E-state index contributed by atoms with van der Waals surface area (Å²) in [5.74, 6) is -1.68. The van der Waals surface area contributed by atoms with Gasteiger partial charge in [0.15, 0.2) is 11.5 Å². The zero-order valence-corrected chi connectivity index (χ0v) is 17.6. The number of methoxy groups -OCH3 is 1. The van der Waals surface area contributed by atoms with Gasteiger partial charge in [-0.1, -0.05) is 36.4 Å². The summed E-state index contributed by atoms with van der Waals surface area (Å²) >= 11 is 0.829. The number of carbonyl (C=O) groups is 3. The van der Waals surface area contributed by atoms with Crippen LogP contribution in [0.3, 0.4) is 0 Å². The van der Waals surface area contributed by atoms with Gasteiger partial charge in [0.1, 0.15) is 5.82 Å². The number of thioether (sulfide) groups is 1. The Morgan fingerprint density at radius 1 is 0.969 bits per heavy atom. The Kier molecular flexibility index (Phi) is 6.04. The summed E-state index contributed by atoms with van der Waals surface area (Å²) in [7, 11) is 1.39.